The van der Waals surface area contributed by atoms with Crippen LogP contribution in [-0.4, -0.2) is 55.7 Å². The molecule has 2 aromatic carbocycles. The number of hydrogen-bond donors (Lipinski definition) is 0. The number of benzene rings is 2. The molecule has 1 aromatic heterocycles. The molecule has 6 rings (SSSR count). The fraction of sp³-hybridized carbons (Fsp3) is 0.370. The topological polar surface area (TPSA) is 22.6 Å². The maximum absolute atomic E-state index is 6.13. The summed E-state index contributed by atoms with van der Waals surface area (Å²) in [5, 5.41) is 0.820. The number of aromatic nitrogens is 1. The first-order valence-corrected chi connectivity index (χ1v) is 12.1. The van der Waals surface area contributed by atoms with Gasteiger partial charge in [0.05, 0.1) is 0 Å². The van der Waals surface area contributed by atoms with Crippen molar-refractivity contribution in [3.63, 3.8) is 0 Å². The molecule has 1 spiro atoms. The van der Waals surface area contributed by atoms with Crippen molar-refractivity contribution >= 4 is 23.0 Å². The Hall–Kier alpha value is -2.56. The molecule has 2 atom stereocenters. The van der Waals surface area contributed by atoms with E-state index in [0.717, 1.165) is 50.8 Å². The molecule has 1 aliphatic carbocycles. The van der Waals surface area contributed by atoms with Crippen LogP contribution in [0.25, 0.3) is 0 Å². The van der Waals surface area contributed by atoms with Gasteiger partial charge in [0, 0.05) is 80.0 Å². The second-order valence-electron chi connectivity index (χ2n) is 9.44. The van der Waals surface area contributed by atoms with Crippen LogP contribution in [-0.2, 0) is 5.41 Å². The normalized spacial score (nSPS) is 24.7. The largest absolute Gasteiger partial charge is 0.369 e. The minimum Gasteiger partial charge on any atom is -0.369 e. The zero-order valence-corrected chi connectivity index (χ0v) is 19.1. The highest BCUT2D eigenvalue weighted by Gasteiger charge is 2.60. The highest BCUT2D eigenvalue weighted by Crippen LogP contribution is 2.65. The van der Waals surface area contributed by atoms with Gasteiger partial charge in [0.2, 0.25) is 0 Å². The molecule has 0 radical (unpaired) electrons. The number of rotatable bonds is 5. The average Bonchev–Trinajstić information content (AvgIpc) is 3.49. The molecule has 3 aliphatic rings. The molecular formula is C27H29ClN4. The van der Waals surface area contributed by atoms with Crippen LogP contribution in [0.15, 0.2) is 73.1 Å². The molecule has 0 N–H and O–H groups in total. The summed E-state index contributed by atoms with van der Waals surface area (Å²) in [7, 11) is 0. The fourth-order valence-corrected chi connectivity index (χ4v) is 5.96. The molecule has 1 saturated carbocycles. The first-order valence-electron chi connectivity index (χ1n) is 11.7. The predicted octanol–water partition coefficient (Wildman–Crippen LogP) is 4.80. The summed E-state index contributed by atoms with van der Waals surface area (Å²) in [6.07, 6.45) is 5.02. The molecule has 5 heteroatoms. The molecule has 0 unspecified atom stereocenters. The summed E-state index contributed by atoms with van der Waals surface area (Å²) >= 11 is 6.13. The standard InChI is InChI=1S/C27H29ClN4/c28-22-7-5-21(6-8-22)25-19-27(25)20-32(26-4-2-1-3-24(26)27)18-15-30-13-16-31(17-14-30)23-9-11-29-12-10-23/h1-12,25H,13-20H2/t25-,27-/m0/s1. The van der Waals surface area contributed by atoms with E-state index in [2.05, 4.69) is 68.2 Å². The lowest BCUT2D eigenvalue weighted by molar-refractivity contribution is 0.262. The van der Waals surface area contributed by atoms with Crippen molar-refractivity contribution in [2.75, 3.05) is 55.6 Å². The van der Waals surface area contributed by atoms with E-state index in [1.165, 1.54) is 23.4 Å². The van der Waals surface area contributed by atoms with E-state index in [1.807, 2.05) is 24.5 Å². The van der Waals surface area contributed by atoms with Gasteiger partial charge < -0.3 is 9.80 Å². The van der Waals surface area contributed by atoms with Crippen LogP contribution >= 0.6 is 11.6 Å². The molecule has 2 fully saturated rings. The second-order valence-corrected chi connectivity index (χ2v) is 9.87. The van der Waals surface area contributed by atoms with E-state index in [1.54, 1.807) is 5.56 Å². The first kappa shape index (κ1) is 20.1. The molecule has 3 heterocycles. The Morgan fingerprint density at radius 2 is 1.62 bits per heavy atom. The molecule has 32 heavy (non-hydrogen) atoms. The smallest absolute Gasteiger partial charge is 0.0406 e. The van der Waals surface area contributed by atoms with Crippen molar-refractivity contribution in [2.24, 2.45) is 0 Å². The van der Waals surface area contributed by atoms with Crippen LogP contribution in [0.2, 0.25) is 5.02 Å². The Labute approximate surface area is 195 Å². The van der Waals surface area contributed by atoms with E-state index in [0.29, 0.717) is 5.92 Å². The minimum atomic E-state index is 0.282. The number of piperazine rings is 1. The van der Waals surface area contributed by atoms with Gasteiger partial charge in [0.1, 0.15) is 0 Å². The molecular weight excluding hydrogens is 416 g/mol. The Morgan fingerprint density at radius 1 is 0.875 bits per heavy atom. The number of hydrogen-bond acceptors (Lipinski definition) is 4. The zero-order valence-electron chi connectivity index (χ0n) is 18.3. The molecule has 0 amide bonds. The number of anilines is 2. The predicted molar refractivity (Wildman–Crippen MR) is 132 cm³/mol. The zero-order chi connectivity index (χ0) is 21.5. The lowest BCUT2D eigenvalue weighted by Crippen LogP contribution is -2.48. The SMILES string of the molecule is Clc1ccc([C@@H]2C[C@@]23CN(CCN2CCN(c4ccncc4)CC2)c2ccccc23)cc1. The Morgan fingerprint density at radius 3 is 2.41 bits per heavy atom. The molecule has 164 valence electrons. The van der Waals surface area contributed by atoms with Gasteiger partial charge in [-0.25, -0.2) is 0 Å². The highest BCUT2D eigenvalue weighted by molar-refractivity contribution is 6.30. The van der Waals surface area contributed by atoms with Crippen molar-refractivity contribution in [3.05, 3.63) is 89.2 Å². The summed E-state index contributed by atoms with van der Waals surface area (Å²) in [5.74, 6) is 0.606. The van der Waals surface area contributed by atoms with Gasteiger partial charge in [0.15, 0.2) is 0 Å². The van der Waals surface area contributed by atoms with E-state index in [-0.39, 0.29) is 5.41 Å². The van der Waals surface area contributed by atoms with Crippen LogP contribution in [0.3, 0.4) is 0 Å². The Balaban J connectivity index is 1.11. The lowest BCUT2D eigenvalue weighted by Gasteiger charge is -2.37. The van der Waals surface area contributed by atoms with Gasteiger partial charge in [0.25, 0.3) is 0 Å². The summed E-state index contributed by atoms with van der Waals surface area (Å²) in [4.78, 5) is 11.9. The molecule has 1 saturated heterocycles. The minimum absolute atomic E-state index is 0.282. The van der Waals surface area contributed by atoms with Gasteiger partial charge in [-0.2, -0.15) is 0 Å². The van der Waals surface area contributed by atoms with Gasteiger partial charge >= 0.3 is 0 Å². The van der Waals surface area contributed by atoms with Crippen LogP contribution in [0.4, 0.5) is 11.4 Å². The Bertz CT molecular complexity index is 1080. The van der Waals surface area contributed by atoms with E-state index >= 15 is 0 Å². The molecule has 2 aliphatic heterocycles. The van der Waals surface area contributed by atoms with E-state index in [4.69, 9.17) is 11.6 Å². The first-order chi connectivity index (χ1) is 15.7. The number of nitrogens with zero attached hydrogens (tertiary/aromatic N) is 4. The second kappa shape index (κ2) is 8.09. The Kier molecular flexibility index (Phi) is 5.08. The number of para-hydroxylation sites is 1. The van der Waals surface area contributed by atoms with Crippen LogP contribution < -0.4 is 9.80 Å². The van der Waals surface area contributed by atoms with Crippen molar-refractivity contribution in [2.45, 2.75) is 17.8 Å². The molecule has 3 aromatic rings. The monoisotopic (exact) mass is 444 g/mol. The van der Waals surface area contributed by atoms with Gasteiger partial charge in [-0.15, -0.1) is 0 Å². The number of pyridine rings is 1. The van der Waals surface area contributed by atoms with Crippen molar-refractivity contribution < 1.29 is 0 Å². The maximum Gasteiger partial charge on any atom is 0.0406 e. The van der Waals surface area contributed by atoms with Crippen LogP contribution in [0.1, 0.15) is 23.5 Å². The highest BCUT2D eigenvalue weighted by atomic mass is 35.5. The van der Waals surface area contributed by atoms with E-state index in [9.17, 15) is 0 Å². The summed E-state index contributed by atoms with van der Waals surface area (Å²) in [6, 6.07) is 21.8. The van der Waals surface area contributed by atoms with Gasteiger partial charge in [-0.3, -0.25) is 9.88 Å². The molecule has 4 nitrogen and oxygen atoms in total. The summed E-state index contributed by atoms with van der Waals surface area (Å²) in [6.45, 7) is 7.78. The van der Waals surface area contributed by atoms with Crippen molar-refractivity contribution in [1.29, 1.82) is 0 Å². The van der Waals surface area contributed by atoms with E-state index < -0.39 is 0 Å². The number of halogens is 1. The lowest BCUT2D eigenvalue weighted by atomic mass is 9.93. The van der Waals surface area contributed by atoms with Gasteiger partial charge in [-0.1, -0.05) is 41.9 Å². The fourth-order valence-electron chi connectivity index (χ4n) is 5.84. The third-order valence-corrected chi connectivity index (χ3v) is 7.94. The van der Waals surface area contributed by atoms with Crippen molar-refractivity contribution in [3.8, 4) is 0 Å². The van der Waals surface area contributed by atoms with Crippen LogP contribution in [0, 0.1) is 0 Å². The maximum atomic E-state index is 6.13. The third kappa shape index (κ3) is 3.56. The van der Waals surface area contributed by atoms with Gasteiger partial charge in [-0.05, 0) is 53.8 Å². The summed E-state index contributed by atoms with van der Waals surface area (Å²) in [5.41, 5.74) is 5.99. The third-order valence-electron chi connectivity index (χ3n) is 7.69. The number of fused-ring (bicyclic) bond motifs is 2. The molecule has 0 bridgehead atoms. The quantitative estimate of drug-likeness (QED) is 0.563. The van der Waals surface area contributed by atoms with Crippen molar-refractivity contribution in [1.82, 2.24) is 9.88 Å². The van der Waals surface area contributed by atoms with Crippen LogP contribution in [0.5, 0.6) is 0 Å². The summed E-state index contributed by atoms with van der Waals surface area (Å²) < 4.78 is 0. The average molecular weight is 445 g/mol.